The number of hydrogen-bond acceptors (Lipinski definition) is 5. The van der Waals surface area contributed by atoms with Gasteiger partial charge in [-0.05, 0) is 18.5 Å². The van der Waals surface area contributed by atoms with E-state index in [2.05, 4.69) is 0 Å². The van der Waals surface area contributed by atoms with Crippen molar-refractivity contribution in [3.63, 3.8) is 0 Å². The molecule has 8 nitrogen and oxygen atoms in total. The van der Waals surface area contributed by atoms with E-state index in [9.17, 15) is 10.1 Å². The van der Waals surface area contributed by atoms with E-state index in [-0.39, 0.29) is 5.69 Å². The minimum absolute atomic E-state index is 0.121. The Hall–Kier alpha value is -1.55. The van der Waals surface area contributed by atoms with Crippen LogP contribution in [0.3, 0.4) is 0 Å². The van der Waals surface area contributed by atoms with Crippen LogP contribution in [0.15, 0.2) is 24.3 Å². The van der Waals surface area contributed by atoms with Crippen molar-refractivity contribution in [2.75, 3.05) is 6.54 Å². The molecule has 17 heavy (non-hydrogen) atoms. The lowest BCUT2D eigenvalue weighted by Crippen LogP contribution is -2.02. The van der Waals surface area contributed by atoms with E-state index in [4.69, 9.17) is 23.3 Å². The molecule has 0 saturated heterocycles. The first-order valence-electron chi connectivity index (χ1n) is 4.37. The maximum absolute atomic E-state index is 10.3. The fraction of sp³-hybridized carbons (Fsp3) is 0.250. The number of nitrogens with two attached hydrogens (primary N) is 1. The number of nitro benzene ring substituents is 1. The predicted octanol–water partition coefficient (Wildman–Crippen LogP) is 0.443. The second-order valence-corrected chi connectivity index (χ2v) is 3.81. The molecular weight excluding hydrogens is 252 g/mol. The SMILES string of the molecule is NCCc1ccc([N+](=O)[O-])cc1.O=S(=O)(O)O. The predicted molar refractivity (Wildman–Crippen MR) is 60.0 cm³/mol. The van der Waals surface area contributed by atoms with Gasteiger partial charge in [0, 0.05) is 12.1 Å². The zero-order valence-electron chi connectivity index (χ0n) is 8.68. The fourth-order valence-corrected chi connectivity index (χ4v) is 0.951. The molecule has 0 aliphatic heterocycles. The van der Waals surface area contributed by atoms with Gasteiger partial charge in [0.15, 0.2) is 0 Å². The first-order valence-corrected chi connectivity index (χ1v) is 5.77. The molecule has 0 unspecified atom stereocenters. The Kier molecular flexibility index (Phi) is 6.28. The van der Waals surface area contributed by atoms with E-state index in [0.717, 1.165) is 12.0 Å². The van der Waals surface area contributed by atoms with Gasteiger partial charge in [0.05, 0.1) is 4.92 Å². The topological polar surface area (TPSA) is 144 Å². The molecule has 4 N–H and O–H groups in total. The highest BCUT2D eigenvalue weighted by Gasteiger charge is 2.02. The van der Waals surface area contributed by atoms with Gasteiger partial charge in [0.2, 0.25) is 0 Å². The van der Waals surface area contributed by atoms with E-state index in [1.807, 2.05) is 0 Å². The second-order valence-electron chi connectivity index (χ2n) is 2.91. The van der Waals surface area contributed by atoms with Gasteiger partial charge in [-0.2, -0.15) is 8.42 Å². The molecule has 0 atom stereocenters. The largest absolute Gasteiger partial charge is 0.394 e. The summed E-state index contributed by atoms with van der Waals surface area (Å²) in [5.41, 5.74) is 6.48. The Balaban J connectivity index is 0.000000437. The molecule has 0 bridgehead atoms. The molecule has 0 amide bonds. The van der Waals surface area contributed by atoms with Crippen molar-refractivity contribution in [3.8, 4) is 0 Å². The third-order valence-corrected chi connectivity index (χ3v) is 1.58. The Morgan fingerprint density at radius 1 is 1.24 bits per heavy atom. The third-order valence-electron chi connectivity index (χ3n) is 1.58. The molecule has 1 rings (SSSR count). The summed E-state index contributed by atoms with van der Waals surface area (Å²) in [7, 11) is -4.67. The first-order chi connectivity index (χ1) is 7.74. The maximum atomic E-state index is 10.3. The van der Waals surface area contributed by atoms with E-state index in [1.165, 1.54) is 12.1 Å². The van der Waals surface area contributed by atoms with Crippen LogP contribution in [0.4, 0.5) is 5.69 Å². The molecule has 0 saturated carbocycles. The quantitative estimate of drug-likeness (QED) is 0.408. The summed E-state index contributed by atoms with van der Waals surface area (Å²) in [5.74, 6) is 0. The first kappa shape index (κ1) is 15.4. The van der Waals surface area contributed by atoms with Crippen LogP contribution in [0.5, 0.6) is 0 Å². The normalized spacial score (nSPS) is 10.3. The minimum Gasteiger partial charge on any atom is -0.330 e. The Bertz CT molecular complexity index is 447. The van der Waals surface area contributed by atoms with Crippen molar-refractivity contribution < 1.29 is 22.4 Å². The van der Waals surface area contributed by atoms with Crippen molar-refractivity contribution in [2.45, 2.75) is 6.42 Å². The molecule has 0 fully saturated rings. The second kappa shape index (κ2) is 6.91. The Morgan fingerprint density at radius 3 is 1.94 bits per heavy atom. The van der Waals surface area contributed by atoms with Crippen LogP contribution in [-0.4, -0.2) is 29.0 Å². The van der Waals surface area contributed by atoms with E-state index >= 15 is 0 Å². The molecule has 0 radical (unpaired) electrons. The van der Waals surface area contributed by atoms with Gasteiger partial charge in [-0.15, -0.1) is 0 Å². The zero-order chi connectivity index (χ0) is 13.5. The summed E-state index contributed by atoms with van der Waals surface area (Å²) in [5, 5.41) is 10.3. The van der Waals surface area contributed by atoms with Gasteiger partial charge in [-0.25, -0.2) is 0 Å². The van der Waals surface area contributed by atoms with Crippen molar-refractivity contribution in [1.29, 1.82) is 0 Å². The van der Waals surface area contributed by atoms with Gasteiger partial charge in [0.25, 0.3) is 5.69 Å². The molecule has 0 aliphatic rings. The molecule has 0 aromatic heterocycles. The average Bonchev–Trinajstić information content (AvgIpc) is 2.16. The average molecular weight is 264 g/mol. The molecule has 0 aliphatic carbocycles. The summed E-state index contributed by atoms with van der Waals surface area (Å²) < 4.78 is 31.6. The van der Waals surface area contributed by atoms with E-state index < -0.39 is 15.3 Å². The Labute approximate surface area is 97.8 Å². The van der Waals surface area contributed by atoms with Crippen molar-refractivity contribution >= 4 is 16.1 Å². The van der Waals surface area contributed by atoms with Gasteiger partial charge in [-0.3, -0.25) is 19.2 Å². The van der Waals surface area contributed by atoms with Crippen molar-refractivity contribution in [1.82, 2.24) is 0 Å². The Morgan fingerprint density at radius 2 is 1.65 bits per heavy atom. The molecule has 0 heterocycles. The minimum atomic E-state index is -4.67. The van der Waals surface area contributed by atoms with Crippen LogP contribution in [-0.2, 0) is 16.8 Å². The van der Waals surface area contributed by atoms with Crippen LogP contribution in [0.2, 0.25) is 0 Å². The molecule has 1 aromatic rings. The lowest BCUT2D eigenvalue weighted by Gasteiger charge is -1.96. The lowest BCUT2D eigenvalue weighted by atomic mass is 10.1. The number of non-ortho nitro benzene ring substituents is 1. The summed E-state index contributed by atoms with van der Waals surface area (Å²) in [4.78, 5) is 9.84. The molecule has 1 aromatic carbocycles. The maximum Gasteiger partial charge on any atom is 0.394 e. The summed E-state index contributed by atoms with van der Waals surface area (Å²) in [6.45, 7) is 0.567. The van der Waals surface area contributed by atoms with Crippen LogP contribution in [0, 0.1) is 10.1 Å². The molecular formula is C8H12N2O6S. The van der Waals surface area contributed by atoms with Gasteiger partial charge in [0.1, 0.15) is 0 Å². The molecule has 9 heteroatoms. The number of benzene rings is 1. The van der Waals surface area contributed by atoms with Crippen molar-refractivity contribution in [2.24, 2.45) is 5.73 Å². The highest BCUT2D eigenvalue weighted by Crippen LogP contribution is 2.11. The van der Waals surface area contributed by atoms with Crippen LogP contribution in [0.1, 0.15) is 5.56 Å². The highest BCUT2D eigenvalue weighted by atomic mass is 32.3. The number of nitro groups is 1. The van der Waals surface area contributed by atoms with Gasteiger partial charge < -0.3 is 5.73 Å². The highest BCUT2D eigenvalue weighted by molar-refractivity contribution is 7.79. The lowest BCUT2D eigenvalue weighted by molar-refractivity contribution is -0.384. The van der Waals surface area contributed by atoms with E-state index in [0.29, 0.717) is 6.54 Å². The van der Waals surface area contributed by atoms with E-state index in [1.54, 1.807) is 12.1 Å². The zero-order valence-corrected chi connectivity index (χ0v) is 9.50. The van der Waals surface area contributed by atoms with Crippen LogP contribution >= 0.6 is 0 Å². The van der Waals surface area contributed by atoms with Gasteiger partial charge in [-0.1, -0.05) is 12.1 Å². The van der Waals surface area contributed by atoms with Crippen LogP contribution in [0.25, 0.3) is 0 Å². The third kappa shape index (κ3) is 9.38. The number of nitrogens with zero attached hydrogens (tertiary/aromatic N) is 1. The summed E-state index contributed by atoms with van der Waals surface area (Å²) in [6, 6.07) is 6.44. The molecule has 0 spiro atoms. The number of hydrogen-bond donors (Lipinski definition) is 3. The standard InChI is InChI=1S/C8H10N2O2.H2O4S/c9-6-5-7-1-3-8(4-2-7)10(11)12;1-5(2,3)4/h1-4H,5-6,9H2;(H2,1,2,3,4). The van der Waals surface area contributed by atoms with Crippen LogP contribution < -0.4 is 5.73 Å². The fourth-order valence-electron chi connectivity index (χ4n) is 0.951. The van der Waals surface area contributed by atoms with Crippen molar-refractivity contribution in [3.05, 3.63) is 39.9 Å². The van der Waals surface area contributed by atoms with Gasteiger partial charge >= 0.3 is 10.4 Å². The summed E-state index contributed by atoms with van der Waals surface area (Å²) >= 11 is 0. The molecule has 96 valence electrons. The number of rotatable bonds is 3. The summed E-state index contributed by atoms with van der Waals surface area (Å²) in [6.07, 6.45) is 0.762. The smallest absolute Gasteiger partial charge is 0.330 e. The monoisotopic (exact) mass is 264 g/mol.